The van der Waals surface area contributed by atoms with Crippen molar-refractivity contribution in [2.45, 2.75) is 0 Å². The van der Waals surface area contributed by atoms with Gasteiger partial charge in [0.05, 0.1) is 0 Å². The second-order valence-corrected chi connectivity index (χ2v) is 4.53. The number of halogens is 1. The molecule has 1 N–H and O–H groups in total. The van der Waals surface area contributed by atoms with Crippen molar-refractivity contribution in [1.82, 2.24) is 0 Å². The molecule has 45 valence electrons. The van der Waals surface area contributed by atoms with E-state index in [0.717, 1.165) is 5.69 Å². The molecule has 3 heteroatoms. The first-order valence-electron chi connectivity index (χ1n) is 2.67. The van der Waals surface area contributed by atoms with E-state index in [4.69, 9.17) is 8.58 Å². The average molecular weight is 242 g/mol. The molecule has 0 unspecified atom stereocenters. The average Bonchev–Trinajstić information content (AvgIpc) is 1.91. The molecule has 1 aromatic rings. The summed E-state index contributed by atoms with van der Waals surface area (Å²) >= 11 is -0.939. The predicted molar refractivity (Wildman–Crippen MR) is 41.7 cm³/mol. The van der Waals surface area contributed by atoms with E-state index in [2.05, 4.69) is 3.30 Å². The van der Waals surface area contributed by atoms with Crippen molar-refractivity contribution in [1.29, 1.82) is 0 Å². The molecule has 0 spiro atoms. The molecule has 0 bridgehead atoms. The summed E-state index contributed by atoms with van der Waals surface area (Å²) in [5.41, 5.74) is 1.15. The fourth-order valence-electron chi connectivity index (χ4n) is 0.597. The number of nitrogens with one attached hydrogen (secondary N) is 1. The van der Waals surface area contributed by atoms with Crippen molar-refractivity contribution in [2.75, 3.05) is 3.30 Å². The van der Waals surface area contributed by atoms with E-state index in [9.17, 15) is 0 Å². The zero-order chi connectivity index (χ0) is 6.53. The van der Waals surface area contributed by atoms with Crippen LogP contribution in [0, 0.1) is 0 Å². The Hall–Kier alpha value is 0.180. The maximum absolute atomic E-state index is 5.61. The van der Waals surface area contributed by atoms with Crippen LogP contribution in [0.2, 0.25) is 0 Å². The van der Waals surface area contributed by atoms with Gasteiger partial charge in [-0.15, -0.1) is 0 Å². The molecule has 0 aliphatic rings. The molecular weight excluding hydrogens is 236 g/mol. The van der Waals surface area contributed by atoms with Gasteiger partial charge in [0.25, 0.3) is 0 Å². The Kier molecular flexibility index (Phi) is 3.30. The van der Waals surface area contributed by atoms with Crippen LogP contribution in [0.3, 0.4) is 0 Å². The van der Waals surface area contributed by atoms with Gasteiger partial charge < -0.3 is 0 Å². The molecule has 1 aromatic carbocycles. The van der Waals surface area contributed by atoms with Gasteiger partial charge in [0, 0.05) is 0 Å². The molecule has 0 aliphatic heterocycles. The van der Waals surface area contributed by atoms with E-state index < -0.39 is 22.0 Å². The van der Waals surface area contributed by atoms with Crippen LogP contribution in [-0.2, 0) is 0 Å². The van der Waals surface area contributed by atoms with Crippen molar-refractivity contribution in [2.24, 2.45) is 0 Å². The van der Waals surface area contributed by atoms with Crippen LogP contribution in [0.25, 0.3) is 0 Å². The molecule has 0 fully saturated rings. The van der Waals surface area contributed by atoms with Gasteiger partial charge in [-0.1, -0.05) is 0 Å². The molecule has 0 amide bonds. The van der Waals surface area contributed by atoms with E-state index >= 15 is 0 Å². The van der Waals surface area contributed by atoms with Crippen molar-refractivity contribution in [3.05, 3.63) is 30.3 Å². The summed E-state index contributed by atoms with van der Waals surface area (Å²) in [5.74, 6) is 0. The molecule has 0 aromatic heterocycles. The monoisotopic (exact) mass is 242 g/mol. The Labute approximate surface area is 69.7 Å². The molecule has 0 heterocycles. The van der Waals surface area contributed by atoms with Gasteiger partial charge in [-0.3, -0.25) is 0 Å². The van der Waals surface area contributed by atoms with Gasteiger partial charge in [-0.05, 0) is 0 Å². The number of benzene rings is 1. The number of hydrogen-bond acceptors (Lipinski definition) is 1. The molecule has 0 saturated heterocycles. The summed E-state index contributed by atoms with van der Waals surface area (Å²) < 4.78 is 3.16. The number of para-hydroxylation sites is 1. The third-order valence-electron chi connectivity index (χ3n) is 0.995. The third-order valence-corrected chi connectivity index (χ3v) is 2.99. The molecule has 9 heavy (non-hydrogen) atoms. The minimum atomic E-state index is -0.939. The van der Waals surface area contributed by atoms with Crippen molar-refractivity contribution < 1.29 is 0 Å². The van der Waals surface area contributed by atoms with Crippen LogP contribution in [0.1, 0.15) is 0 Å². The topological polar surface area (TPSA) is 12.0 Å². The summed E-state index contributed by atoms with van der Waals surface area (Å²) in [6.07, 6.45) is 0. The van der Waals surface area contributed by atoms with Crippen LogP contribution in [-0.4, -0.2) is 22.0 Å². The first-order chi connectivity index (χ1) is 4.43. The third kappa shape index (κ3) is 2.50. The zero-order valence-corrected chi connectivity index (χ0v) is 8.89. The van der Waals surface area contributed by atoms with E-state index in [-0.39, 0.29) is 0 Å². The van der Waals surface area contributed by atoms with Crippen LogP contribution < -0.4 is 3.30 Å². The summed E-state index contributed by atoms with van der Waals surface area (Å²) in [5, 5.41) is 0. The van der Waals surface area contributed by atoms with E-state index in [1.165, 1.54) is 0 Å². The van der Waals surface area contributed by atoms with Gasteiger partial charge in [0.15, 0.2) is 0 Å². The molecule has 1 radical (unpaired) electrons. The van der Waals surface area contributed by atoms with Crippen LogP contribution in [0.4, 0.5) is 5.69 Å². The number of hydrogen-bond donors (Lipinski definition) is 1. The van der Waals surface area contributed by atoms with Gasteiger partial charge >= 0.3 is 69.9 Å². The van der Waals surface area contributed by atoms with Crippen molar-refractivity contribution in [3.8, 4) is 0 Å². The maximum atomic E-state index is 5.61. The molecule has 1 rings (SSSR count). The quantitative estimate of drug-likeness (QED) is 0.835. The number of anilines is 1. The second kappa shape index (κ2) is 4.07. The second-order valence-electron chi connectivity index (χ2n) is 1.62. The Balaban J connectivity index is 2.61. The molecular formula is C6H6ClInN. The van der Waals surface area contributed by atoms with Crippen LogP contribution in [0.5, 0.6) is 0 Å². The molecule has 1 nitrogen and oxygen atoms in total. The fraction of sp³-hybridized carbons (Fsp3) is 0. The number of rotatable bonds is 2. The zero-order valence-electron chi connectivity index (χ0n) is 4.84. The SMILES string of the molecule is [Cl][In][NH]c1ccccc1. The van der Waals surface area contributed by atoms with Gasteiger partial charge in [0.2, 0.25) is 0 Å². The van der Waals surface area contributed by atoms with Crippen molar-refractivity contribution in [3.63, 3.8) is 0 Å². The molecule has 0 atom stereocenters. The van der Waals surface area contributed by atoms with Crippen LogP contribution in [0.15, 0.2) is 30.3 Å². The normalized spacial score (nSPS) is 8.56. The summed E-state index contributed by atoms with van der Waals surface area (Å²) in [6.45, 7) is 0. The fourth-order valence-corrected chi connectivity index (χ4v) is 2.35. The van der Waals surface area contributed by atoms with Crippen LogP contribution >= 0.6 is 8.58 Å². The van der Waals surface area contributed by atoms with Gasteiger partial charge in [0.1, 0.15) is 0 Å². The Morgan fingerprint density at radius 1 is 1.22 bits per heavy atom. The predicted octanol–water partition coefficient (Wildman–Crippen LogP) is 1.87. The standard InChI is InChI=1S/C6H6N.ClH.In/c7-6-4-2-1-3-5-6;;/h1-5,7H;1H;/q-1;;+2/p-1. The first-order valence-corrected chi connectivity index (χ1v) is 8.49. The Morgan fingerprint density at radius 3 is 2.44 bits per heavy atom. The Bertz CT molecular complexity index is 166. The van der Waals surface area contributed by atoms with Gasteiger partial charge in [-0.2, -0.15) is 0 Å². The van der Waals surface area contributed by atoms with E-state index in [1.54, 1.807) is 0 Å². The summed E-state index contributed by atoms with van der Waals surface area (Å²) in [7, 11) is 5.61. The molecule has 0 saturated carbocycles. The van der Waals surface area contributed by atoms with Gasteiger partial charge in [-0.25, -0.2) is 0 Å². The first kappa shape index (κ1) is 7.29. The van der Waals surface area contributed by atoms with Crippen molar-refractivity contribution >= 4 is 36.3 Å². The Morgan fingerprint density at radius 2 is 1.89 bits per heavy atom. The minimum absolute atomic E-state index is 0.939. The molecule has 0 aliphatic carbocycles. The van der Waals surface area contributed by atoms with E-state index in [0.29, 0.717) is 0 Å². The summed E-state index contributed by atoms with van der Waals surface area (Å²) in [6, 6.07) is 10.0. The van der Waals surface area contributed by atoms with E-state index in [1.807, 2.05) is 30.3 Å². The summed E-state index contributed by atoms with van der Waals surface area (Å²) in [4.78, 5) is 0.